The second kappa shape index (κ2) is 12.1. The smallest absolute Gasteiger partial charge is 0.410 e. The van der Waals surface area contributed by atoms with E-state index in [1.807, 2.05) is 67.9 Å². The summed E-state index contributed by atoms with van der Waals surface area (Å²) in [6, 6.07) is 13.1. The van der Waals surface area contributed by atoms with Crippen LogP contribution in [0.1, 0.15) is 86.1 Å². The Morgan fingerprint density at radius 3 is 2.69 bits per heavy atom. The molecule has 8 nitrogen and oxygen atoms in total. The van der Waals surface area contributed by atoms with Gasteiger partial charge in [-0.2, -0.15) is 0 Å². The second-order valence-corrected chi connectivity index (χ2v) is 12.7. The van der Waals surface area contributed by atoms with Gasteiger partial charge in [0.05, 0.1) is 36.9 Å². The van der Waals surface area contributed by atoms with Gasteiger partial charge >= 0.3 is 12.1 Å². The van der Waals surface area contributed by atoms with Gasteiger partial charge in [0.1, 0.15) is 11.2 Å². The average Bonchev–Trinajstić information content (AvgIpc) is 3.43. The number of fused-ring (bicyclic) bond motifs is 2. The maximum absolute atomic E-state index is 13.6. The third kappa shape index (κ3) is 6.35. The molecule has 2 unspecified atom stereocenters. The molecule has 3 aromatic rings. The number of hydrogen-bond acceptors (Lipinski definition) is 6. The summed E-state index contributed by atoms with van der Waals surface area (Å²) >= 11 is 6.36. The van der Waals surface area contributed by atoms with E-state index in [2.05, 4.69) is 6.92 Å². The van der Waals surface area contributed by atoms with Crippen molar-refractivity contribution in [2.45, 2.75) is 83.6 Å². The van der Waals surface area contributed by atoms with Gasteiger partial charge in [-0.15, -0.1) is 0 Å². The third-order valence-electron chi connectivity index (χ3n) is 7.90. The Labute approximate surface area is 251 Å². The predicted octanol–water partition coefficient (Wildman–Crippen LogP) is 7.15. The molecule has 2 atom stereocenters. The zero-order chi connectivity index (χ0) is 30.1. The average molecular weight is 595 g/mol. The quantitative estimate of drug-likeness (QED) is 0.193. The molecule has 9 heteroatoms. The lowest BCUT2D eigenvalue weighted by Crippen LogP contribution is -2.48. The van der Waals surface area contributed by atoms with Gasteiger partial charge in [0.25, 0.3) is 0 Å². The number of aromatic nitrogens is 1. The van der Waals surface area contributed by atoms with Crippen LogP contribution in [-0.4, -0.2) is 58.7 Å². The SMILES string of the molecule is CCCC1(CCCC(=O)c2cn(CC3CN(C(=O)OC(C)(C)C)CCO3)c3cc(Cl)ccc23)OC(=O)c2ccccc21. The number of hydrogen-bond donors (Lipinski definition) is 0. The summed E-state index contributed by atoms with van der Waals surface area (Å²) in [6.07, 6.45) is 4.29. The van der Waals surface area contributed by atoms with Gasteiger partial charge in [-0.1, -0.05) is 49.2 Å². The van der Waals surface area contributed by atoms with E-state index in [1.54, 1.807) is 11.0 Å². The Kier molecular flexibility index (Phi) is 8.67. The fraction of sp³-hybridized carbons (Fsp3) is 0.485. The first-order chi connectivity index (χ1) is 20.0. The summed E-state index contributed by atoms with van der Waals surface area (Å²) in [5, 5.41) is 1.40. The van der Waals surface area contributed by atoms with Gasteiger partial charge in [-0.25, -0.2) is 9.59 Å². The first-order valence-electron chi connectivity index (χ1n) is 14.7. The second-order valence-electron chi connectivity index (χ2n) is 12.2. The first-order valence-corrected chi connectivity index (χ1v) is 15.1. The Hall–Kier alpha value is -3.36. The van der Waals surface area contributed by atoms with Crippen molar-refractivity contribution in [2.24, 2.45) is 0 Å². The Bertz CT molecular complexity index is 1490. The van der Waals surface area contributed by atoms with Crippen LogP contribution in [-0.2, 0) is 26.4 Å². The van der Waals surface area contributed by atoms with Crippen molar-refractivity contribution in [3.8, 4) is 0 Å². The number of Topliss-reactive ketones (excluding diaryl/α,β-unsaturated/α-hetero) is 1. The minimum atomic E-state index is -0.692. The van der Waals surface area contributed by atoms with E-state index < -0.39 is 11.2 Å². The molecule has 1 amide bonds. The number of ether oxygens (including phenoxy) is 3. The molecule has 2 aliphatic rings. The molecule has 224 valence electrons. The molecule has 42 heavy (non-hydrogen) atoms. The van der Waals surface area contributed by atoms with Crippen LogP contribution < -0.4 is 0 Å². The summed E-state index contributed by atoms with van der Waals surface area (Å²) in [6.45, 7) is 9.33. The highest BCUT2D eigenvalue weighted by atomic mass is 35.5. The molecule has 0 saturated carbocycles. The topological polar surface area (TPSA) is 87.1 Å². The third-order valence-corrected chi connectivity index (χ3v) is 8.13. The standard InChI is InChI=1S/C33H39ClN2O6/c1-5-14-33(27-10-7-6-9-25(27)30(38)41-33)15-8-11-29(37)26-21-36(28-18-22(34)12-13-24(26)28)20-23-19-35(16-17-40-23)31(39)42-32(2,3)4/h6-7,9-10,12-13,18,21,23H,5,8,11,14-17,19-20H2,1-4H3. The van der Waals surface area contributed by atoms with Crippen molar-refractivity contribution in [2.75, 3.05) is 19.7 Å². The monoisotopic (exact) mass is 594 g/mol. The lowest BCUT2D eigenvalue weighted by Gasteiger charge is -2.34. The number of ketones is 1. The van der Waals surface area contributed by atoms with Gasteiger partial charge in [0, 0.05) is 40.7 Å². The Morgan fingerprint density at radius 1 is 1.14 bits per heavy atom. The lowest BCUT2D eigenvalue weighted by atomic mass is 9.83. The molecule has 1 fully saturated rings. The van der Waals surface area contributed by atoms with Crippen LogP contribution >= 0.6 is 11.6 Å². The molecular weight excluding hydrogens is 556 g/mol. The van der Waals surface area contributed by atoms with Crippen LogP contribution in [0.3, 0.4) is 0 Å². The normalized spacial score (nSPS) is 20.5. The van der Waals surface area contributed by atoms with Gasteiger partial charge < -0.3 is 23.7 Å². The molecule has 0 bridgehead atoms. The van der Waals surface area contributed by atoms with Crippen LogP contribution in [0.15, 0.2) is 48.7 Å². The lowest BCUT2D eigenvalue weighted by molar-refractivity contribution is -0.0469. The van der Waals surface area contributed by atoms with Crippen LogP contribution in [0.25, 0.3) is 10.9 Å². The zero-order valence-corrected chi connectivity index (χ0v) is 25.5. The number of carbonyl (C=O) groups excluding carboxylic acids is 3. The van der Waals surface area contributed by atoms with Crippen molar-refractivity contribution in [1.29, 1.82) is 0 Å². The molecule has 1 saturated heterocycles. The van der Waals surface area contributed by atoms with Gasteiger partial charge in [0.2, 0.25) is 0 Å². The van der Waals surface area contributed by atoms with Crippen LogP contribution in [0, 0.1) is 0 Å². The number of cyclic esters (lactones) is 1. The maximum atomic E-state index is 13.6. The fourth-order valence-electron chi connectivity index (χ4n) is 6.10. The van der Waals surface area contributed by atoms with E-state index in [4.69, 9.17) is 25.8 Å². The highest BCUT2D eigenvalue weighted by molar-refractivity contribution is 6.31. The zero-order valence-electron chi connectivity index (χ0n) is 24.8. The number of rotatable bonds is 9. The molecular formula is C33H39ClN2O6. The number of halogens is 1. The molecule has 2 aliphatic heterocycles. The van der Waals surface area contributed by atoms with Gasteiger partial charge in [-0.3, -0.25) is 4.79 Å². The van der Waals surface area contributed by atoms with Crippen molar-refractivity contribution in [3.63, 3.8) is 0 Å². The molecule has 5 rings (SSSR count). The minimum Gasteiger partial charge on any atom is -0.451 e. The summed E-state index contributed by atoms with van der Waals surface area (Å²) in [4.78, 5) is 40.5. The number of carbonyl (C=O) groups is 3. The molecule has 0 spiro atoms. The number of esters is 1. The minimum absolute atomic E-state index is 0.0188. The Balaban J connectivity index is 1.31. The van der Waals surface area contributed by atoms with E-state index in [0.29, 0.717) is 68.1 Å². The van der Waals surface area contributed by atoms with Crippen molar-refractivity contribution in [1.82, 2.24) is 9.47 Å². The van der Waals surface area contributed by atoms with E-state index in [-0.39, 0.29) is 23.9 Å². The molecule has 2 aromatic carbocycles. The highest BCUT2D eigenvalue weighted by Crippen LogP contribution is 2.44. The van der Waals surface area contributed by atoms with Gasteiger partial charge in [-0.05, 0) is 58.2 Å². The summed E-state index contributed by atoms with van der Waals surface area (Å²) < 4.78 is 19.5. The summed E-state index contributed by atoms with van der Waals surface area (Å²) in [5.74, 6) is -0.272. The largest absolute Gasteiger partial charge is 0.451 e. The van der Waals surface area contributed by atoms with Crippen LogP contribution in [0.5, 0.6) is 0 Å². The van der Waals surface area contributed by atoms with Crippen LogP contribution in [0.2, 0.25) is 5.02 Å². The Morgan fingerprint density at radius 2 is 1.93 bits per heavy atom. The predicted molar refractivity (Wildman–Crippen MR) is 161 cm³/mol. The van der Waals surface area contributed by atoms with Crippen molar-refractivity contribution in [3.05, 3.63) is 70.4 Å². The van der Waals surface area contributed by atoms with Crippen molar-refractivity contribution >= 4 is 40.3 Å². The van der Waals surface area contributed by atoms with E-state index in [1.165, 1.54) is 0 Å². The first kappa shape index (κ1) is 30.1. The molecule has 3 heterocycles. The number of amides is 1. The van der Waals surface area contributed by atoms with E-state index in [9.17, 15) is 14.4 Å². The highest BCUT2D eigenvalue weighted by Gasteiger charge is 2.44. The summed E-state index contributed by atoms with van der Waals surface area (Å²) in [7, 11) is 0. The molecule has 0 N–H and O–H groups in total. The van der Waals surface area contributed by atoms with Gasteiger partial charge in [0.15, 0.2) is 5.78 Å². The van der Waals surface area contributed by atoms with E-state index >= 15 is 0 Å². The number of morpholine rings is 1. The number of nitrogens with zero attached hydrogens (tertiary/aromatic N) is 2. The maximum Gasteiger partial charge on any atom is 0.410 e. The van der Waals surface area contributed by atoms with Crippen LogP contribution in [0.4, 0.5) is 4.79 Å². The van der Waals surface area contributed by atoms with Crippen molar-refractivity contribution < 1.29 is 28.6 Å². The van der Waals surface area contributed by atoms with E-state index in [0.717, 1.165) is 22.9 Å². The molecule has 0 radical (unpaired) electrons. The summed E-state index contributed by atoms with van der Waals surface area (Å²) in [5.41, 5.74) is 1.73. The molecule has 0 aliphatic carbocycles. The number of benzene rings is 2. The molecule has 1 aromatic heterocycles. The fourth-order valence-corrected chi connectivity index (χ4v) is 6.26.